The molecule has 0 atom stereocenters. The molecule has 150 valence electrons. The Balaban J connectivity index is 1.73. The molecule has 1 fully saturated rings. The molecule has 0 aliphatic heterocycles. The molecule has 0 radical (unpaired) electrons. The van der Waals surface area contributed by atoms with Crippen molar-refractivity contribution in [2.45, 2.75) is 37.6 Å². The van der Waals surface area contributed by atoms with Crippen molar-refractivity contribution < 1.29 is 9.50 Å². The largest absolute Gasteiger partial charge is 0.506 e. The summed E-state index contributed by atoms with van der Waals surface area (Å²) in [6, 6.07) is 22.7. The summed E-state index contributed by atoms with van der Waals surface area (Å²) in [4.78, 5) is 2.26. The Labute approximate surface area is 176 Å². The van der Waals surface area contributed by atoms with E-state index in [4.69, 9.17) is 11.6 Å². The summed E-state index contributed by atoms with van der Waals surface area (Å²) >= 11 is 6.38. The number of anilines is 1. The lowest BCUT2D eigenvalue weighted by Gasteiger charge is -2.37. The molecule has 0 amide bonds. The molecule has 0 unspecified atom stereocenters. The predicted molar refractivity (Wildman–Crippen MR) is 117 cm³/mol. The summed E-state index contributed by atoms with van der Waals surface area (Å²) in [6.45, 7) is 1.25. The maximum Gasteiger partial charge on any atom is 0.134 e. The molecule has 1 aliphatic rings. The normalized spacial score (nSPS) is 15.4. The number of aromatic hydroxyl groups is 1. The van der Waals surface area contributed by atoms with Crippen LogP contribution in [0.4, 0.5) is 10.1 Å². The third kappa shape index (κ3) is 4.11. The average molecular weight is 410 g/mol. The standard InChI is InChI=1S/C25H25ClFNO/c26-24-19(9-8-14-23(24)29)17-28(20-10-2-1-3-11-20)18-25(15-6-7-16-25)21-12-4-5-13-22(21)27/h1-5,8-14,29H,6-7,15-18H2. The van der Waals surface area contributed by atoms with Crippen molar-refractivity contribution in [1.82, 2.24) is 0 Å². The Hall–Kier alpha value is -2.52. The van der Waals surface area contributed by atoms with Gasteiger partial charge < -0.3 is 10.0 Å². The molecule has 0 bridgehead atoms. The van der Waals surface area contributed by atoms with Crippen molar-refractivity contribution >= 4 is 17.3 Å². The highest BCUT2D eigenvalue weighted by Crippen LogP contribution is 2.44. The van der Waals surface area contributed by atoms with E-state index >= 15 is 0 Å². The van der Waals surface area contributed by atoms with Gasteiger partial charge in [-0.1, -0.05) is 73.0 Å². The van der Waals surface area contributed by atoms with Gasteiger partial charge in [-0.05, 0) is 48.2 Å². The monoisotopic (exact) mass is 409 g/mol. The summed E-state index contributed by atoms with van der Waals surface area (Å²) in [7, 11) is 0. The smallest absolute Gasteiger partial charge is 0.134 e. The molecule has 0 aromatic heterocycles. The quantitative estimate of drug-likeness (QED) is 0.489. The highest BCUT2D eigenvalue weighted by atomic mass is 35.5. The Bertz CT molecular complexity index is 970. The molecular weight excluding hydrogens is 385 g/mol. The summed E-state index contributed by atoms with van der Waals surface area (Å²) in [5.74, 6) is -0.0420. The number of hydrogen-bond donors (Lipinski definition) is 1. The number of phenolic OH excluding ortho intramolecular Hbond substituents is 1. The van der Waals surface area contributed by atoms with Crippen molar-refractivity contribution in [1.29, 1.82) is 0 Å². The van der Waals surface area contributed by atoms with E-state index in [2.05, 4.69) is 17.0 Å². The summed E-state index contributed by atoms with van der Waals surface area (Å²) < 4.78 is 14.8. The minimum Gasteiger partial charge on any atom is -0.506 e. The van der Waals surface area contributed by atoms with Crippen LogP contribution in [0.15, 0.2) is 72.8 Å². The summed E-state index contributed by atoms with van der Waals surface area (Å²) in [5, 5.41) is 10.4. The van der Waals surface area contributed by atoms with Crippen molar-refractivity contribution in [3.63, 3.8) is 0 Å². The van der Waals surface area contributed by atoms with Crippen LogP contribution < -0.4 is 4.90 Å². The molecule has 29 heavy (non-hydrogen) atoms. The SMILES string of the molecule is Oc1cccc(CN(CC2(c3ccccc3F)CCCC2)c2ccccc2)c1Cl. The van der Waals surface area contributed by atoms with E-state index in [-0.39, 0.29) is 17.0 Å². The topological polar surface area (TPSA) is 23.5 Å². The molecule has 1 saturated carbocycles. The lowest BCUT2D eigenvalue weighted by Crippen LogP contribution is -2.39. The predicted octanol–water partition coefficient (Wildman–Crippen LogP) is 6.70. The number of para-hydroxylation sites is 1. The second-order valence-corrected chi connectivity index (χ2v) is 8.29. The Morgan fingerprint density at radius 3 is 2.31 bits per heavy atom. The van der Waals surface area contributed by atoms with Gasteiger partial charge >= 0.3 is 0 Å². The third-order valence-electron chi connectivity index (χ3n) is 6.04. The van der Waals surface area contributed by atoms with E-state index in [1.165, 1.54) is 0 Å². The first-order valence-corrected chi connectivity index (χ1v) is 10.5. The Morgan fingerprint density at radius 1 is 0.897 bits per heavy atom. The van der Waals surface area contributed by atoms with E-state index in [0.29, 0.717) is 18.1 Å². The van der Waals surface area contributed by atoms with Gasteiger partial charge in [-0.3, -0.25) is 0 Å². The van der Waals surface area contributed by atoms with E-state index < -0.39 is 0 Å². The van der Waals surface area contributed by atoms with E-state index in [9.17, 15) is 9.50 Å². The van der Waals surface area contributed by atoms with Gasteiger partial charge in [0.2, 0.25) is 0 Å². The number of nitrogens with zero attached hydrogens (tertiary/aromatic N) is 1. The minimum absolute atomic E-state index is 0.0851. The zero-order valence-electron chi connectivity index (χ0n) is 16.3. The molecule has 4 rings (SSSR count). The van der Waals surface area contributed by atoms with Crippen LogP contribution in [0, 0.1) is 5.82 Å². The second-order valence-electron chi connectivity index (χ2n) is 7.91. The van der Waals surface area contributed by atoms with Crippen LogP contribution in [-0.4, -0.2) is 11.7 Å². The minimum atomic E-state index is -0.232. The zero-order chi connectivity index (χ0) is 20.3. The van der Waals surface area contributed by atoms with Gasteiger partial charge in [-0.15, -0.1) is 0 Å². The molecule has 0 saturated heterocycles. The fraction of sp³-hybridized carbons (Fsp3) is 0.280. The maximum absolute atomic E-state index is 14.8. The van der Waals surface area contributed by atoms with Gasteiger partial charge in [0.05, 0.1) is 5.02 Å². The first-order chi connectivity index (χ1) is 14.1. The zero-order valence-corrected chi connectivity index (χ0v) is 17.1. The van der Waals surface area contributed by atoms with Gasteiger partial charge in [-0.25, -0.2) is 4.39 Å². The van der Waals surface area contributed by atoms with Crippen molar-refractivity contribution in [2.24, 2.45) is 0 Å². The van der Waals surface area contributed by atoms with Crippen LogP contribution >= 0.6 is 11.6 Å². The van der Waals surface area contributed by atoms with Crippen molar-refractivity contribution in [2.75, 3.05) is 11.4 Å². The van der Waals surface area contributed by atoms with Crippen LogP contribution in [0.3, 0.4) is 0 Å². The van der Waals surface area contributed by atoms with Crippen LogP contribution in [-0.2, 0) is 12.0 Å². The highest BCUT2D eigenvalue weighted by molar-refractivity contribution is 6.32. The molecule has 3 aromatic rings. The van der Waals surface area contributed by atoms with Gasteiger partial charge in [0.25, 0.3) is 0 Å². The molecule has 1 aliphatic carbocycles. The first-order valence-electron chi connectivity index (χ1n) is 10.1. The van der Waals surface area contributed by atoms with Gasteiger partial charge in [0.1, 0.15) is 11.6 Å². The Kier molecular flexibility index (Phi) is 5.77. The molecule has 3 aromatic carbocycles. The van der Waals surface area contributed by atoms with Crippen LogP contribution in [0.2, 0.25) is 5.02 Å². The molecular formula is C25H25ClFNO. The fourth-order valence-corrected chi connectivity index (χ4v) is 4.78. The first kappa shape index (κ1) is 19.8. The van der Waals surface area contributed by atoms with E-state index in [1.54, 1.807) is 18.2 Å². The number of hydrogen-bond acceptors (Lipinski definition) is 2. The molecule has 2 nitrogen and oxygen atoms in total. The van der Waals surface area contributed by atoms with Crippen molar-refractivity contribution in [3.8, 4) is 5.75 Å². The highest BCUT2D eigenvalue weighted by Gasteiger charge is 2.39. The van der Waals surface area contributed by atoms with Crippen LogP contribution in [0.5, 0.6) is 5.75 Å². The lowest BCUT2D eigenvalue weighted by molar-refractivity contribution is 0.411. The lowest BCUT2D eigenvalue weighted by atomic mass is 9.78. The summed E-state index contributed by atoms with van der Waals surface area (Å²) in [5.41, 5.74) is 2.50. The van der Waals surface area contributed by atoms with E-state index in [1.807, 2.05) is 42.5 Å². The third-order valence-corrected chi connectivity index (χ3v) is 6.48. The average Bonchev–Trinajstić information content (AvgIpc) is 3.21. The van der Waals surface area contributed by atoms with Crippen LogP contribution in [0.25, 0.3) is 0 Å². The van der Waals surface area contributed by atoms with Gasteiger partial charge in [-0.2, -0.15) is 0 Å². The van der Waals surface area contributed by atoms with E-state index in [0.717, 1.165) is 42.5 Å². The molecule has 1 N–H and O–H groups in total. The second kappa shape index (κ2) is 8.46. The fourth-order valence-electron chi connectivity index (χ4n) is 4.59. The summed E-state index contributed by atoms with van der Waals surface area (Å²) in [6.07, 6.45) is 4.13. The van der Waals surface area contributed by atoms with Gasteiger partial charge in [0, 0.05) is 24.2 Å². The van der Waals surface area contributed by atoms with Crippen molar-refractivity contribution in [3.05, 3.63) is 94.8 Å². The van der Waals surface area contributed by atoms with Gasteiger partial charge in [0.15, 0.2) is 0 Å². The maximum atomic E-state index is 14.8. The molecule has 0 heterocycles. The Morgan fingerprint density at radius 2 is 1.59 bits per heavy atom. The number of rotatable bonds is 6. The number of phenols is 1. The number of benzene rings is 3. The molecule has 0 spiro atoms. The van der Waals surface area contributed by atoms with Crippen LogP contribution in [0.1, 0.15) is 36.8 Å². The molecule has 4 heteroatoms. The number of halogens is 2.